The van der Waals surface area contributed by atoms with Crippen LogP contribution < -0.4 is 9.47 Å². The fraction of sp³-hybridized carbons (Fsp3) is 0.308. The number of carboxylic acids is 1. The number of carbonyl (C=O) groups is 1. The van der Waals surface area contributed by atoms with Crippen LogP contribution >= 0.6 is 0 Å². The topological polar surface area (TPSA) is 76.0 Å². The molecule has 0 aliphatic heterocycles. The summed E-state index contributed by atoms with van der Waals surface area (Å²) in [4.78, 5) is 10.3. The maximum absolute atomic E-state index is 10.3. The normalized spacial score (nSPS) is 10.6. The van der Waals surface area contributed by atoms with E-state index in [1.807, 2.05) is 0 Å². The summed E-state index contributed by atoms with van der Waals surface area (Å²) in [5.74, 6) is -0.321. The van der Waals surface area contributed by atoms with E-state index in [-0.39, 0.29) is 5.75 Å². The third-order valence-corrected chi connectivity index (χ3v) is 2.40. The van der Waals surface area contributed by atoms with E-state index in [0.717, 1.165) is 11.6 Å². The monoisotopic (exact) mass is 252 g/mol. The molecular weight excluding hydrogens is 236 g/mol. The third kappa shape index (κ3) is 3.69. The van der Waals surface area contributed by atoms with Gasteiger partial charge in [-0.25, -0.2) is 4.79 Å². The van der Waals surface area contributed by atoms with Gasteiger partial charge in [0, 0.05) is 6.08 Å². The number of aliphatic carboxylic acids is 1. The lowest BCUT2D eigenvalue weighted by Gasteiger charge is -2.10. The number of hydrogen-bond acceptors (Lipinski definition) is 4. The Balaban J connectivity index is 2.80. The number of rotatable bonds is 6. The predicted molar refractivity (Wildman–Crippen MR) is 66.3 cm³/mol. The SMILES string of the molecule is COc1cc(CCC=CC(=O)O)cc(OC)c1O. The zero-order chi connectivity index (χ0) is 13.5. The average Bonchev–Trinajstić information content (AvgIpc) is 2.35. The van der Waals surface area contributed by atoms with Crippen molar-refractivity contribution in [2.24, 2.45) is 0 Å². The molecule has 2 N–H and O–H groups in total. The fourth-order valence-electron chi connectivity index (χ4n) is 1.53. The molecule has 0 amide bonds. The van der Waals surface area contributed by atoms with Crippen LogP contribution in [-0.4, -0.2) is 30.4 Å². The molecule has 0 aromatic heterocycles. The summed E-state index contributed by atoms with van der Waals surface area (Å²) in [6, 6.07) is 3.40. The highest BCUT2D eigenvalue weighted by molar-refractivity contribution is 5.79. The van der Waals surface area contributed by atoms with Crippen molar-refractivity contribution in [2.45, 2.75) is 12.8 Å². The molecule has 0 aliphatic carbocycles. The quantitative estimate of drug-likeness (QED) is 0.757. The van der Waals surface area contributed by atoms with Crippen LogP contribution in [-0.2, 0) is 11.2 Å². The molecule has 0 radical (unpaired) electrons. The average molecular weight is 252 g/mol. The Morgan fingerprint density at radius 1 is 1.28 bits per heavy atom. The van der Waals surface area contributed by atoms with E-state index in [1.165, 1.54) is 14.2 Å². The first-order valence-corrected chi connectivity index (χ1v) is 5.41. The Labute approximate surface area is 105 Å². The highest BCUT2D eigenvalue weighted by Crippen LogP contribution is 2.37. The van der Waals surface area contributed by atoms with E-state index in [1.54, 1.807) is 18.2 Å². The van der Waals surface area contributed by atoms with Crippen LogP contribution in [0.5, 0.6) is 17.2 Å². The molecule has 0 atom stereocenters. The Bertz CT molecular complexity index is 426. The Hall–Kier alpha value is -2.17. The van der Waals surface area contributed by atoms with Gasteiger partial charge in [-0.1, -0.05) is 6.08 Å². The van der Waals surface area contributed by atoms with Gasteiger partial charge in [-0.3, -0.25) is 0 Å². The second-order valence-corrected chi connectivity index (χ2v) is 3.63. The molecule has 1 aromatic carbocycles. The van der Waals surface area contributed by atoms with Gasteiger partial charge in [0.15, 0.2) is 11.5 Å². The number of carboxylic acid groups (broad SMARTS) is 1. The number of ether oxygens (including phenoxy) is 2. The zero-order valence-corrected chi connectivity index (χ0v) is 10.3. The van der Waals surface area contributed by atoms with Crippen molar-refractivity contribution in [1.29, 1.82) is 0 Å². The van der Waals surface area contributed by atoms with Gasteiger partial charge in [0.2, 0.25) is 5.75 Å². The molecule has 0 heterocycles. The molecule has 0 fully saturated rings. The van der Waals surface area contributed by atoms with Gasteiger partial charge in [0.25, 0.3) is 0 Å². The summed E-state index contributed by atoms with van der Waals surface area (Å²) in [7, 11) is 2.92. The number of methoxy groups -OCH3 is 2. The van der Waals surface area contributed by atoms with Crippen molar-refractivity contribution < 1.29 is 24.5 Å². The van der Waals surface area contributed by atoms with Crippen molar-refractivity contribution in [3.8, 4) is 17.2 Å². The minimum absolute atomic E-state index is 0.0372. The Morgan fingerprint density at radius 3 is 2.28 bits per heavy atom. The van der Waals surface area contributed by atoms with Gasteiger partial charge >= 0.3 is 5.97 Å². The lowest BCUT2D eigenvalue weighted by molar-refractivity contribution is -0.131. The predicted octanol–water partition coefficient (Wildman–Crippen LogP) is 1.98. The second kappa shape index (κ2) is 6.54. The van der Waals surface area contributed by atoms with Gasteiger partial charge in [0.1, 0.15) is 0 Å². The smallest absolute Gasteiger partial charge is 0.327 e. The number of hydrogen-bond donors (Lipinski definition) is 2. The number of aryl methyl sites for hydroxylation is 1. The summed E-state index contributed by atoms with van der Waals surface area (Å²) in [6.45, 7) is 0. The van der Waals surface area contributed by atoms with Gasteiger partial charge in [-0.2, -0.15) is 0 Å². The maximum atomic E-state index is 10.3. The van der Waals surface area contributed by atoms with Crippen molar-refractivity contribution >= 4 is 5.97 Å². The minimum atomic E-state index is -0.962. The lowest BCUT2D eigenvalue weighted by atomic mass is 10.1. The zero-order valence-electron chi connectivity index (χ0n) is 10.3. The number of phenolic OH excluding ortho intramolecular Hbond substituents is 1. The van der Waals surface area contributed by atoms with E-state index in [2.05, 4.69) is 0 Å². The summed E-state index contributed by atoms with van der Waals surface area (Å²) >= 11 is 0. The lowest BCUT2D eigenvalue weighted by Crippen LogP contribution is -1.93. The van der Waals surface area contributed by atoms with Crippen LogP contribution in [0.1, 0.15) is 12.0 Å². The number of phenols is 1. The summed E-state index contributed by atoms with van der Waals surface area (Å²) < 4.78 is 10.1. The number of aromatic hydroxyl groups is 1. The summed E-state index contributed by atoms with van der Waals surface area (Å²) in [6.07, 6.45) is 3.91. The summed E-state index contributed by atoms with van der Waals surface area (Å²) in [5, 5.41) is 18.2. The van der Waals surface area contributed by atoms with Crippen LogP contribution in [0.15, 0.2) is 24.3 Å². The molecule has 0 saturated heterocycles. The van der Waals surface area contributed by atoms with Crippen LogP contribution in [0.25, 0.3) is 0 Å². The van der Waals surface area contributed by atoms with E-state index in [0.29, 0.717) is 24.3 Å². The molecule has 1 aromatic rings. The molecule has 0 unspecified atom stereocenters. The van der Waals surface area contributed by atoms with Gasteiger partial charge < -0.3 is 19.7 Å². The highest BCUT2D eigenvalue weighted by Gasteiger charge is 2.10. The first-order valence-electron chi connectivity index (χ1n) is 5.41. The molecule has 0 spiro atoms. The first-order chi connectivity index (χ1) is 8.58. The molecule has 1 rings (SSSR count). The van der Waals surface area contributed by atoms with Crippen LogP contribution in [0.4, 0.5) is 0 Å². The molecule has 5 heteroatoms. The summed E-state index contributed by atoms with van der Waals surface area (Å²) in [5.41, 5.74) is 0.900. The van der Waals surface area contributed by atoms with E-state index >= 15 is 0 Å². The number of benzene rings is 1. The van der Waals surface area contributed by atoms with Crippen molar-refractivity contribution in [2.75, 3.05) is 14.2 Å². The first kappa shape index (κ1) is 13.9. The molecule has 0 saturated carbocycles. The molecule has 98 valence electrons. The molecule has 0 aliphatic rings. The Morgan fingerprint density at radius 2 is 1.83 bits per heavy atom. The molecule has 0 bridgehead atoms. The Kier molecular flexibility index (Phi) is 5.05. The van der Waals surface area contributed by atoms with Gasteiger partial charge in [-0.05, 0) is 30.5 Å². The van der Waals surface area contributed by atoms with E-state index in [9.17, 15) is 9.90 Å². The third-order valence-electron chi connectivity index (χ3n) is 2.40. The standard InChI is InChI=1S/C13H16O5/c1-17-10-7-9(5-3-4-6-12(14)15)8-11(18-2)13(10)16/h4,6-8,16H,3,5H2,1-2H3,(H,14,15). The van der Waals surface area contributed by atoms with E-state index < -0.39 is 5.97 Å². The van der Waals surface area contributed by atoms with Gasteiger partial charge in [0.05, 0.1) is 14.2 Å². The fourth-order valence-corrected chi connectivity index (χ4v) is 1.53. The van der Waals surface area contributed by atoms with E-state index in [4.69, 9.17) is 14.6 Å². The van der Waals surface area contributed by atoms with Gasteiger partial charge in [-0.15, -0.1) is 0 Å². The van der Waals surface area contributed by atoms with Crippen molar-refractivity contribution in [3.63, 3.8) is 0 Å². The van der Waals surface area contributed by atoms with Crippen LogP contribution in [0.3, 0.4) is 0 Å². The largest absolute Gasteiger partial charge is 0.502 e. The number of allylic oxidation sites excluding steroid dienone is 1. The maximum Gasteiger partial charge on any atom is 0.327 e. The second-order valence-electron chi connectivity index (χ2n) is 3.63. The molecule has 18 heavy (non-hydrogen) atoms. The molecular formula is C13H16O5. The van der Waals surface area contributed by atoms with Crippen molar-refractivity contribution in [1.82, 2.24) is 0 Å². The minimum Gasteiger partial charge on any atom is -0.502 e. The molecule has 5 nitrogen and oxygen atoms in total. The van der Waals surface area contributed by atoms with Crippen LogP contribution in [0, 0.1) is 0 Å². The van der Waals surface area contributed by atoms with Crippen molar-refractivity contribution in [3.05, 3.63) is 29.8 Å². The van der Waals surface area contributed by atoms with Crippen LogP contribution in [0.2, 0.25) is 0 Å². The highest BCUT2D eigenvalue weighted by atomic mass is 16.5.